The van der Waals surface area contributed by atoms with Gasteiger partial charge in [0, 0.05) is 23.7 Å². The number of carbonyl (C=O) groups excluding carboxylic acids is 2. The zero-order chi connectivity index (χ0) is 25.6. The first-order valence-corrected chi connectivity index (χ1v) is 12.8. The normalized spacial score (nSPS) is 13.1. The highest BCUT2D eigenvalue weighted by atomic mass is 35.5. The van der Waals surface area contributed by atoms with Crippen LogP contribution in [-0.4, -0.2) is 50.0 Å². The Hall–Kier alpha value is -2.72. The number of hydrogen-bond acceptors (Lipinski definition) is 4. The van der Waals surface area contributed by atoms with E-state index in [0.29, 0.717) is 27.4 Å². The third-order valence-corrected chi connectivity index (χ3v) is 6.70. The van der Waals surface area contributed by atoms with Crippen LogP contribution >= 0.6 is 11.6 Å². The number of benzene rings is 2. The predicted molar refractivity (Wildman–Crippen MR) is 128 cm³/mol. The lowest BCUT2D eigenvalue weighted by Gasteiger charge is -2.32. The second-order valence-corrected chi connectivity index (χ2v) is 10.4. The minimum atomic E-state index is -4.04. The first-order valence-electron chi connectivity index (χ1n) is 10.6. The van der Waals surface area contributed by atoms with Crippen molar-refractivity contribution in [3.05, 3.63) is 64.7 Å². The van der Waals surface area contributed by atoms with Crippen molar-refractivity contribution in [3.8, 4) is 0 Å². The summed E-state index contributed by atoms with van der Waals surface area (Å²) in [6, 6.07) is 8.11. The molecule has 186 valence electrons. The predicted octanol–water partition coefficient (Wildman–Crippen LogP) is 3.72. The summed E-state index contributed by atoms with van der Waals surface area (Å²) in [7, 11) is -4.04. The van der Waals surface area contributed by atoms with E-state index in [1.54, 1.807) is 24.3 Å². The van der Waals surface area contributed by atoms with Crippen LogP contribution in [0.2, 0.25) is 5.02 Å². The van der Waals surface area contributed by atoms with Crippen molar-refractivity contribution in [2.24, 2.45) is 0 Å². The number of hydrogen-bond donors (Lipinski definition) is 1. The summed E-state index contributed by atoms with van der Waals surface area (Å²) in [6.45, 7) is 4.55. The van der Waals surface area contributed by atoms with E-state index in [4.69, 9.17) is 11.6 Å². The number of nitrogens with one attached hydrogen (secondary N) is 1. The molecule has 2 rings (SSSR count). The third kappa shape index (κ3) is 7.39. The zero-order valence-electron chi connectivity index (χ0n) is 19.4. The van der Waals surface area contributed by atoms with Gasteiger partial charge in [0.05, 0.1) is 11.9 Å². The van der Waals surface area contributed by atoms with Crippen molar-refractivity contribution in [1.82, 2.24) is 10.2 Å². The minimum absolute atomic E-state index is 0.000472. The molecule has 0 heterocycles. The molecule has 0 aliphatic carbocycles. The summed E-state index contributed by atoms with van der Waals surface area (Å²) < 4.78 is 52.7. The van der Waals surface area contributed by atoms with Gasteiger partial charge in [-0.15, -0.1) is 0 Å². The van der Waals surface area contributed by atoms with Gasteiger partial charge in [0.2, 0.25) is 21.8 Å². The fraction of sp³-hybridized carbons (Fsp3) is 0.391. The van der Waals surface area contributed by atoms with Gasteiger partial charge in [-0.2, -0.15) is 0 Å². The maximum atomic E-state index is 13.8. The van der Waals surface area contributed by atoms with E-state index in [-0.39, 0.29) is 18.3 Å². The molecule has 11 heteroatoms. The molecule has 2 amide bonds. The lowest BCUT2D eigenvalue weighted by Crippen LogP contribution is -2.52. The Balaban J connectivity index is 2.39. The molecule has 1 N–H and O–H groups in total. The molecule has 0 saturated heterocycles. The Morgan fingerprint density at radius 1 is 1.06 bits per heavy atom. The van der Waals surface area contributed by atoms with E-state index >= 15 is 0 Å². The van der Waals surface area contributed by atoms with Gasteiger partial charge >= 0.3 is 0 Å². The van der Waals surface area contributed by atoms with Crippen molar-refractivity contribution in [2.45, 2.75) is 45.8 Å². The van der Waals surface area contributed by atoms with E-state index in [1.807, 2.05) is 13.8 Å². The SMILES string of the molecule is CC[C@H](C)NC(=O)[C@H](C)N(Cc1ccc(Cl)cc1)C(=O)CN(c1ccc(F)c(F)c1)S(C)(=O)=O. The molecule has 2 aromatic carbocycles. The summed E-state index contributed by atoms with van der Waals surface area (Å²) >= 11 is 5.93. The monoisotopic (exact) mass is 515 g/mol. The van der Waals surface area contributed by atoms with Crippen molar-refractivity contribution in [2.75, 3.05) is 17.1 Å². The van der Waals surface area contributed by atoms with E-state index in [1.165, 1.54) is 11.8 Å². The van der Waals surface area contributed by atoms with Gasteiger partial charge in [-0.05, 0) is 50.1 Å². The molecule has 0 saturated carbocycles. The summed E-state index contributed by atoms with van der Waals surface area (Å²) in [5, 5.41) is 3.30. The molecule has 0 fully saturated rings. The summed E-state index contributed by atoms with van der Waals surface area (Å²) in [4.78, 5) is 27.4. The van der Waals surface area contributed by atoms with Crippen LogP contribution in [-0.2, 0) is 26.2 Å². The lowest BCUT2D eigenvalue weighted by atomic mass is 10.1. The number of rotatable bonds is 10. The Labute approximate surface area is 203 Å². The van der Waals surface area contributed by atoms with Gasteiger partial charge in [-0.25, -0.2) is 17.2 Å². The number of amides is 2. The van der Waals surface area contributed by atoms with Gasteiger partial charge in [0.15, 0.2) is 11.6 Å². The average molecular weight is 516 g/mol. The van der Waals surface area contributed by atoms with E-state index < -0.39 is 46.1 Å². The van der Waals surface area contributed by atoms with Crippen molar-refractivity contribution in [1.29, 1.82) is 0 Å². The minimum Gasteiger partial charge on any atom is -0.352 e. The van der Waals surface area contributed by atoms with Crippen LogP contribution in [0.4, 0.5) is 14.5 Å². The number of sulfonamides is 1. The summed E-state index contributed by atoms with van der Waals surface area (Å²) in [6.07, 6.45) is 1.53. The highest BCUT2D eigenvalue weighted by Gasteiger charge is 2.30. The first kappa shape index (κ1) is 27.5. The Bertz CT molecular complexity index is 1130. The number of nitrogens with zero attached hydrogens (tertiary/aromatic N) is 2. The van der Waals surface area contributed by atoms with Gasteiger partial charge in [0.25, 0.3) is 0 Å². The first-order chi connectivity index (χ1) is 15.8. The van der Waals surface area contributed by atoms with E-state index in [9.17, 15) is 26.8 Å². The second kappa shape index (κ2) is 11.6. The molecule has 0 aliphatic rings. The Kier molecular flexibility index (Phi) is 9.40. The van der Waals surface area contributed by atoms with Crippen LogP contribution in [0.25, 0.3) is 0 Å². The molecule has 7 nitrogen and oxygen atoms in total. The molecule has 0 unspecified atom stereocenters. The molecular formula is C23H28ClF2N3O4S. The molecule has 0 aliphatic heterocycles. The highest BCUT2D eigenvalue weighted by Crippen LogP contribution is 2.22. The quantitative estimate of drug-likeness (QED) is 0.522. The van der Waals surface area contributed by atoms with Gasteiger partial charge < -0.3 is 10.2 Å². The molecule has 0 bridgehead atoms. The Morgan fingerprint density at radius 2 is 1.68 bits per heavy atom. The zero-order valence-corrected chi connectivity index (χ0v) is 21.0. The van der Waals surface area contributed by atoms with E-state index in [2.05, 4.69) is 5.32 Å². The standard InChI is InChI=1S/C23H28ClF2N3O4S/c1-5-15(2)27-23(31)16(3)28(13-17-6-8-18(24)9-7-17)22(30)14-29(34(4,32)33)19-10-11-20(25)21(26)12-19/h6-12,15-16H,5,13-14H2,1-4H3,(H,27,31)/t15-,16-/m0/s1. The van der Waals surface area contributed by atoms with Crippen LogP contribution in [0.1, 0.15) is 32.8 Å². The smallest absolute Gasteiger partial charge is 0.244 e. The van der Waals surface area contributed by atoms with Gasteiger partial charge in [-0.1, -0.05) is 30.7 Å². The number of carbonyl (C=O) groups is 2. The highest BCUT2D eigenvalue weighted by molar-refractivity contribution is 7.92. The van der Waals surface area contributed by atoms with Crippen molar-refractivity contribution < 1.29 is 26.8 Å². The van der Waals surface area contributed by atoms with Gasteiger partial charge in [0.1, 0.15) is 12.6 Å². The molecule has 2 atom stereocenters. The number of anilines is 1. The van der Waals surface area contributed by atoms with Crippen LogP contribution in [0, 0.1) is 11.6 Å². The van der Waals surface area contributed by atoms with Crippen molar-refractivity contribution >= 4 is 39.1 Å². The fourth-order valence-corrected chi connectivity index (χ4v) is 4.06. The number of halogens is 3. The van der Waals surface area contributed by atoms with Crippen LogP contribution in [0.15, 0.2) is 42.5 Å². The van der Waals surface area contributed by atoms with E-state index in [0.717, 1.165) is 18.4 Å². The lowest BCUT2D eigenvalue weighted by molar-refractivity contribution is -0.139. The molecular weight excluding hydrogens is 488 g/mol. The third-order valence-electron chi connectivity index (χ3n) is 5.30. The molecule has 0 spiro atoms. The largest absolute Gasteiger partial charge is 0.352 e. The summed E-state index contributed by atoms with van der Waals surface area (Å²) in [5.74, 6) is -3.51. The van der Waals surface area contributed by atoms with Crippen LogP contribution in [0.5, 0.6) is 0 Å². The average Bonchev–Trinajstić information content (AvgIpc) is 2.77. The van der Waals surface area contributed by atoms with Crippen LogP contribution < -0.4 is 9.62 Å². The van der Waals surface area contributed by atoms with Gasteiger partial charge in [-0.3, -0.25) is 13.9 Å². The van der Waals surface area contributed by atoms with Crippen LogP contribution in [0.3, 0.4) is 0 Å². The maximum absolute atomic E-state index is 13.8. The Morgan fingerprint density at radius 3 is 2.21 bits per heavy atom. The van der Waals surface area contributed by atoms with Crippen molar-refractivity contribution in [3.63, 3.8) is 0 Å². The fourth-order valence-electron chi connectivity index (χ4n) is 3.09. The molecule has 0 radical (unpaired) electrons. The summed E-state index contributed by atoms with van der Waals surface area (Å²) in [5.41, 5.74) is 0.456. The molecule has 0 aromatic heterocycles. The molecule has 34 heavy (non-hydrogen) atoms. The molecule has 2 aromatic rings. The maximum Gasteiger partial charge on any atom is 0.244 e. The second-order valence-electron chi connectivity index (χ2n) is 8.01. The topological polar surface area (TPSA) is 86.8 Å².